The summed E-state index contributed by atoms with van der Waals surface area (Å²) in [7, 11) is 1.50. The van der Waals surface area contributed by atoms with E-state index in [0.29, 0.717) is 17.3 Å². The highest BCUT2D eigenvalue weighted by molar-refractivity contribution is 5.98. The predicted molar refractivity (Wildman–Crippen MR) is 107 cm³/mol. The second kappa shape index (κ2) is 9.32. The first kappa shape index (κ1) is 21.4. The van der Waals surface area contributed by atoms with E-state index in [1.807, 2.05) is 13.8 Å². The SMILES string of the molecule is CCC[C@@H](Nc1nc(Nc2cc(C)nc(OC)c2)c(C(N)=O)cc1F)[C@H](C)N. The van der Waals surface area contributed by atoms with Crippen LogP contribution in [0, 0.1) is 12.7 Å². The van der Waals surface area contributed by atoms with E-state index in [4.69, 9.17) is 16.2 Å². The summed E-state index contributed by atoms with van der Waals surface area (Å²) >= 11 is 0. The number of nitrogens with two attached hydrogens (primary N) is 2. The van der Waals surface area contributed by atoms with E-state index in [2.05, 4.69) is 20.6 Å². The van der Waals surface area contributed by atoms with Gasteiger partial charge in [0.15, 0.2) is 11.6 Å². The Kier molecular flexibility index (Phi) is 7.11. The molecule has 0 saturated heterocycles. The summed E-state index contributed by atoms with van der Waals surface area (Å²) in [6.07, 6.45) is 1.63. The fraction of sp³-hybridized carbons (Fsp3) is 0.421. The van der Waals surface area contributed by atoms with E-state index in [1.54, 1.807) is 19.1 Å². The minimum absolute atomic E-state index is 0.000919. The molecule has 8 nitrogen and oxygen atoms in total. The lowest BCUT2D eigenvalue weighted by Crippen LogP contribution is -2.38. The topological polar surface area (TPSA) is 128 Å². The monoisotopic (exact) mass is 390 g/mol. The third kappa shape index (κ3) is 5.29. The molecule has 6 N–H and O–H groups in total. The van der Waals surface area contributed by atoms with Crippen molar-refractivity contribution in [2.75, 3.05) is 17.7 Å². The zero-order valence-corrected chi connectivity index (χ0v) is 16.5. The Labute approximate surface area is 163 Å². The number of carbonyl (C=O) groups excluding carboxylic acids is 1. The van der Waals surface area contributed by atoms with Crippen LogP contribution in [-0.4, -0.2) is 35.1 Å². The second-order valence-corrected chi connectivity index (χ2v) is 6.64. The summed E-state index contributed by atoms with van der Waals surface area (Å²) in [5, 5.41) is 6.04. The van der Waals surface area contributed by atoms with Crippen molar-refractivity contribution in [3.05, 3.63) is 35.3 Å². The molecule has 0 aliphatic rings. The average molecular weight is 390 g/mol. The number of amides is 1. The Balaban J connectivity index is 2.44. The lowest BCUT2D eigenvalue weighted by molar-refractivity contribution is 0.100. The van der Waals surface area contributed by atoms with Crippen LogP contribution in [0.25, 0.3) is 0 Å². The van der Waals surface area contributed by atoms with Crippen LogP contribution in [-0.2, 0) is 0 Å². The lowest BCUT2D eigenvalue weighted by Gasteiger charge is -2.23. The number of hydrogen-bond donors (Lipinski definition) is 4. The molecule has 2 aromatic rings. The van der Waals surface area contributed by atoms with Crippen LogP contribution in [0.5, 0.6) is 5.88 Å². The Morgan fingerprint density at radius 1 is 1.29 bits per heavy atom. The number of nitrogens with one attached hydrogen (secondary N) is 2. The predicted octanol–water partition coefficient (Wildman–Crippen LogP) is 2.70. The molecule has 0 radical (unpaired) electrons. The van der Waals surface area contributed by atoms with Gasteiger partial charge in [-0.2, -0.15) is 0 Å². The Hall–Kier alpha value is -2.94. The summed E-state index contributed by atoms with van der Waals surface area (Å²) in [5.41, 5.74) is 12.6. The molecule has 0 saturated carbocycles. The summed E-state index contributed by atoms with van der Waals surface area (Å²) in [5.74, 6) is -0.950. The van der Waals surface area contributed by atoms with Gasteiger partial charge >= 0.3 is 0 Å². The molecule has 28 heavy (non-hydrogen) atoms. The molecule has 152 valence electrons. The molecule has 2 atom stereocenters. The standard InChI is InChI=1S/C19H27FN6O2/c1-5-6-15(11(3)21)25-19-14(20)9-13(17(22)27)18(26-19)24-12-7-10(2)23-16(8-12)28-4/h7-9,11,15H,5-6,21H2,1-4H3,(H2,22,27)(H2,23,24,25,26)/t11-,15+/m0/s1. The molecule has 0 unspecified atom stereocenters. The quantitative estimate of drug-likeness (QED) is 0.518. The fourth-order valence-electron chi connectivity index (χ4n) is 2.78. The summed E-state index contributed by atoms with van der Waals surface area (Å²) in [6.45, 7) is 5.66. The molecule has 0 bridgehead atoms. The van der Waals surface area contributed by atoms with Crippen LogP contribution in [0.2, 0.25) is 0 Å². The van der Waals surface area contributed by atoms with Gasteiger partial charge in [0, 0.05) is 29.5 Å². The number of hydrogen-bond acceptors (Lipinski definition) is 7. The summed E-state index contributed by atoms with van der Waals surface area (Å²) < 4.78 is 19.7. The van der Waals surface area contributed by atoms with E-state index in [-0.39, 0.29) is 29.3 Å². The summed E-state index contributed by atoms with van der Waals surface area (Å²) in [4.78, 5) is 20.3. The number of halogens is 1. The summed E-state index contributed by atoms with van der Waals surface area (Å²) in [6, 6.07) is 4.07. The van der Waals surface area contributed by atoms with Gasteiger partial charge in [0.1, 0.15) is 5.82 Å². The highest BCUT2D eigenvalue weighted by atomic mass is 19.1. The first-order chi connectivity index (χ1) is 13.2. The fourth-order valence-corrected chi connectivity index (χ4v) is 2.78. The van der Waals surface area contributed by atoms with E-state index < -0.39 is 11.7 Å². The number of primary amides is 1. The maximum Gasteiger partial charge on any atom is 0.252 e. The van der Waals surface area contributed by atoms with Crippen LogP contribution >= 0.6 is 0 Å². The molecule has 2 aromatic heterocycles. The second-order valence-electron chi connectivity index (χ2n) is 6.64. The third-order valence-corrected chi connectivity index (χ3v) is 4.20. The first-order valence-electron chi connectivity index (χ1n) is 9.07. The molecule has 0 aliphatic carbocycles. The lowest BCUT2D eigenvalue weighted by atomic mass is 10.1. The molecule has 2 rings (SSSR count). The van der Waals surface area contributed by atoms with Crippen LogP contribution in [0.1, 0.15) is 42.7 Å². The zero-order valence-electron chi connectivity index (χ0n) is 16.5. The Morgan fingerprint density at radius 3 is 2.57 bits per heavy atom. The van der Waals surface area contributed by atoms with Crippen molar-refractivity contribution < 1.29 is 13.9 Å². The van der Waals surface area contributed by atoms with Gasteiger partial charge in [0.25, 0.3) is 5.91 Å². The highest BCUT2D eigenvalue weighted by Crippen LogP contribution is 2.26. The van der Waals surface area contributed by atoms with Gasteiger partial charge in [-0.15, -0.1) is 0 Å². The normalized spacial score (nSPS) is 12.9. The number of pyridine rings is 2. The number of aromatic nitrogens is 2. The zero-order chi connectivity index (χ0) is 20.8. The number of ether oxygens (including phenoxy) is 1. The van der Waals surface area contributed by atoms with Gasteiger partial charge in [0.2, 0.25) is 5.88 Å². The number of aryl methyl sites for hydroxylation is 1. The molecule has 0 aromatic carbocycles. The van der Waals surface area contributed by atoms with Gasteiger partial charge < -0.3 is 26.8 Å². The Bertz CT molecular complexity index is 843. The van der Waals surface area contributed by atoms with Crippen LogP contribution in [0.15, 0.2) is 18.2 Å². The van der Waals surface area contributed by atoms with Gasteiger partial charge in [-0.25, -0.2) is 14.4 Å². The van der Waals surface area contributed by atoms with Crippen molar-refractivity contribution in [3.8, 4) is 5.88 Å². The number of anilines is 3. The molecule has 0 spiro atoms. The smallest absolute Gasteiger partial charge is 0.252 e. The number of rotatable bonds is 9. The Morgan fingerprint density at radius 2 is 2.00 bits per heavy atom. The van der Waals surface area contributed by atoms with Crippen molar-refractivity contribution in [3.63, 3.8) is 0 Å². The molecule has 2 heterocycles. The van der Waals surface area contributed by atoms with E-state index in [0.717, 1.165) is 18.9 Å². The van der Waals surface area contributed by atoms with Gasteiger partial charge in [0.05, 0.1) is 12.7 Å². The van der Waals surface area contributed by atoms with Crippen LogP contribution in [0.3, 0.4) is 0 Å². The first-order valence-corrected chi connectivity index (χ1v) is 9.07. The van der Waals surface area contributed by atoms with Gasteiger partial charge in [-0.3, -0.25) is 4.79 Å². The minimum atomic E-state index is -0.796. The molecule has 0 aliphatic heterocycles. The van der Waals surface area contributed by atoms with Gasteiger partial charge in [-0.1, -0.05) is 13.3 Å². The maximum atomic E-state index is 14.5. The van der Waals surface area contributed by atoms with Crippen LogP contribution < -0.4 is 26.8 Å². The number of methoxy groups -OCH3 is 1. The highest BCUT2D eigenvalue weighted by Gasteiger charge is 2.20. The van der Waals surface area contributed by atoms with Crippen molar-refractivity contribution in [2.24, 2.45) is 11.5 Å². The minimum Gasteiger partial charge on any atom is -0.481 e. The molecule has 9 heteroatoms. The largest absolute Gasteiger partial charge is 0.481 e. The van der Waals surface area contributed by atoms with Crippen molar-refractivity contribution in [2.45, 2.75) is 45.7 Å². The van der Waals surface area contributed by atoms with Gasteiger partial charge in [-0.05, 0) is 32.4 Å². The van der Waals surface area contributed by atoms with E-state index in [9.17, 15) is 9.18 Å². The molecule has 1 amide bonds. The number of nitrogens with zero attached hydrogens (tertiary/aromatic N) is 2. The van der Waals surface area contributed by atoms with Crippen molar-refractivity contribution in [1.82, 2.24) is 9.97 Å². The van der Waals surface area contributed by atoms with Crippen molar-refractivity contribution >= 4 is 23.2 Å². The molecular weight excluding hydrogens is 363 g/mol. The third-order valence-electron chi connectivity index (χ3n) is 4.20. The van der Waals surface area contributed by atoms with Crippen molar-refractivity contribution in [1.29, 1.82) is 0 Å². The average Bonchev–Trinajstić information content (AvgIpc) is 2.62. The molecule has 0 fully saturated rings. The number of carbonyl (C=O) groups is 1. The maximum absolute atomic E-state index is 14.5. The van der Waals surface area contributed by atoms with E-state index >= 15 is 0 Å². The van der Waals surface area contributed by atoms with Crippen LogP contribution in [0.4, 0.5) is 21.7 Å². The van der Waals surface area contributed by atoms with E-state index in [1.165, 1.54) is 7.11 Å². The molecular formula is C19H27FN6O2.